The zero-order valence-corrected chi connectivity index (χ0v) is 19.5. The highest BCUT2D eigenvalue weighted by Crippen LogP contribution is 2.34. The molecule has 31 heavy (non-hydrogen) atoms. The lowest BCUT2D eigenvalue weighted by Crippen LogP contribution is -2.58. The summed E-state index contributed by atoms with van der Waals surface area (Å²) in [6.07, 6.45) is 2.67. The maximum Gasteiger partial charge on any atom is 0.329 e. The second kappa shape index (κ2) is 10.2. The Morgan fingerprint density at radius 1 is 1.16 bits per heavy atom. The number of rotatable bonds is 7. The number of carbonyl (C=O) groups is 3. The average molecular weight is 440 g/mol. The number of ether oxygens (including phenoxy) is 2. The van der Waals surface area contributed by atoms with Crippen molar-refractivity contribution in [1.29, 1.82) is 0 Å². The fourth-order valence-electron chi connectivity index (χ4n) is 4.01. The molecule has 0 aromatic heterocycles. The normalized spacial score (nSPS) is 32.3. The Morgan fingerprint density at radius 3 is 2.42 bits per heavy atom. The zero-order valence-electron chi connectivity index (χ0n) is 19.5. The topological polar surface area (TPSA) is 113 Å². The first kappa shape index (κ1) is 25.5. The minimum atomic E-state index is -2.17. The summed E-state index contributed by atoms with van der Waals surface area (Å²) < 4.78 is 11.0. The number of aliphatic hydroxyl groups excluding tert-OH is 1. The van der Waals surface area contributed by atoms with Crippen molar-refractivity contribution in [3.8, 4) is 0 Å². The number of Topliss-reactive ketones (excluding diaryl/α,β-unsaturated/α-hetero) is 1. The predicted octanol–water partition coefficient (Wildman–Crippen LogP) is 1.96. The number of aliphatic hydroxyl groups is 2. The van der Waals surface area contributed by atoms with Crippen LogP contribution in [0.5, 0.6) is 0 Å². The monoisotopic (exact) mass is 439 g/mol. The summed E-state index contributed by atoms with van der Waals surface area (Å²) in [4.78, 5) is 39.8. The molecule has 2 rings (SSSR count). The number of esters is 1. The van der Waals surface area contributed by atoms with E-state index in [-0.39, 0.29) is 18.6 Å². The molecule has 2 fully saturated rings. The largest absolute Gasteiger partial charge is 0.457 e. The van der Waals surface area contributed by atoms with Crippen LogP contribution in [0, 0.1) is 11.8 Å². The van der Waals surface area contributed by atoms with E-state index in [2.05, 4.69) is 0 Å². The van der Waals surface area contributed by atoms with E-state index in [1.165, 1.54) is 4.90 Å². The van der Waals surface area contributed by atoms with E-state index in [0.29, 0.717) is 25.7 Å². The Hall–Kier alpha value is -1.77. The van der Waals surface area contributed by atoms with Gasteiger partial charge in [-0.25, -0.2) is 4.79 Å². The molecular weight excluding hydrogens is 402 g/mol. The molecule has 8 nitrogen and oxygen atoms in total. The molecule has 0 aliphatic carbocycles. The first-order valence-electron chi connectivity index (χ1n) is 11.2. The third-order valence-corrected chi connectivity index (χ3v) is 6.58. The molecule has 2 aliphatic rings. The van der Waals surface area contributed by atoms with E-state index in [4.69, 9.17) is 9.47 Å². The van der Waals surface area contributed by atoms with Crippen LogP contribution in [-0.4, -0.2) is 69.5 Å². The second-order valence-corrected chi connectivity index (χ2v) is 9.18. The molecule has 2 N–H and O–H groups in total. The summed E-state index contributed by atoms with van der Waals surface area (Å²) in [6.45, 7) is 10.8. The second-order valence-electron chi connectivity index (χ2n) is 9.18. The van der Waals surface area contributed by atoms with Crippen LogP contribution in [0.4, 0.5) is 0 Å². The Morgan fingerprint density at radius 2 is 1.81 bits per heavy atom. The SMILES string of the molecule is C/C(=C\C(C)C(C)O)C(C)OC(=O)C1CCCN1C(=O)C(=O)C1(O)OC(C)CC[C@H]1C. The number of nitrogens with zero attached hydrogens (tertiary/aromatic N) is 1. The van der Waals surface area contributed by atoms with Crippen molar-refractivity contribution in [2.75, 3.05) is 6.54 Å². The first-order chi connectivity index (χ1) is 14.4. The molecule has 0 spiro atoms. The summed E-state index contributed by atoms with van der Waals surface area (Å²) >= 11 is 0. The van der Waals surface area contributed by atoms with E-state index in [0.717, 1.165) is 5.57 Å². The highest BCUT2D eigenvalue weighted by molar-refractivity contribution is 6.39. The quantitative estimate of drug-likeness (QED) is 0.354. The molecule has 0 saturated carbocycles. The molecule has 2 heterocycles. The van der Waals surface area contributed by atoms with Gasteiger partial charge in [-0.3, -0.25) is 9.59 Å². The number of likely N-dealkylation sites (tertiary alicyclic amines) is 1. The summed E-state index contributed by atoms with van der Waals surface area (Å²) in [5.41, 5.74) is 0.793. The van der Waals surface area contributed by atoms with Gasteiger partial charge in [0.25, 0.3) is 11.7 Å². The number of hydrogen-bond donors (Lipinski definition) is 2. The van der Waals surface area contributed by atoms with Gasteiger partial charge >= 0.3 is 5.97 Å². The number of ketones is 1. The predicted molar refractivity (Wildman–Crippen MR) is 114 cm³/mol. The lowest BCUT2D eigenvalue weighted by Gasteiger charge is -2.39. The smallest absolute Gasteiger partial charge is 0.329 e. The van der Waals surface area contributed by atoms with Crippen LogP contribution in [0.1, 0.15) is 67.2 Å². The third-order valence-electron chi connectivity index (χ3n) is 6.58. The fourth-order valence-corrected chi connectivity index (χ4v) is 4.01. The minimum absolute atomic E-state index is 0.0936. The van der Waals surface area contributed by atoms with Gasteiger partial charge in [0.1, 0.15) is 12.1 Å². The zero-order chi connectivity index (χ0) is 23.5. The molecule has 176 valence electrons. The first-order valence-corrected chi connectivity index (χ1v) is 11.2. The molecule has 0 aromatic rings. The van der Waals surface area contributed by atoms with Crippen LogP contribution in [0.2, 0.25) is 0 Å². The Balaban J connectivity index is 2.08. The van der Waals surface area contributed by atoms with Crippen LogP contribution in [-0.2, 0) is 23.9 Å². The third kappa shape index (κ3) is 5.73. The van der Waals surface area contributed by atoms with Crippen molar-refractivity contribution < 1.29 is 34.1 Å². The molecule has 6 unspecified atom stereocenters. The van der Waals surface area contributed by atoms with Crippen molar-refractivity contribution in [3.63, 3.8) is 0 Å². The highest BCUT2D eigenvalue weighted by Gasteiger charge is 2.52. The van der Waals surface area contributed by atoms with Gasteiger partial charge in [-0.1, -0.05) is 19.9 Å². The van der Waals surface area contributed by atoms with Gasteiger partial charge in [0.15, 0.2) is 0 Å². The molecule has 1 amide bonds. The average Bonchev–Trinajstić information content (AvgIpc) is 3.19. The summed E-state index contributed by atoms with van der Waals surface area (Å²) in [5.74, 6) is -5.30. The number of carbonyl (C=O) groups excluding carboxylic acids is 3. The van der Waals surface area contributed by atoms with Crippen molar-refractivity contribution in [3.05, 3.63) is 11.6 Å². The lowest BCUT2D eigenvalue weighted by atomic mass is 9.87. The van der Waals surface area contributed by atoms with Crippen LogP contribution in [0.15, 0.2) is 11.6 Å². The Bertz CT molecular complexity index is 719. The van der Waals surface area contributed by atoms with Gasteiger partial charge in [0, 0.05) is 18.4 Å². The molecule has 7 atom stereocenters. The van der Waals surface area contributed by atoms with E-state index < -0.39 is 47.6 Å². The van der Waals surface area contributed by atoms with Crippen LogP contribution in [0.25, 0.3) is 0 Å². The molecular formula is C23H37NO7. The van der Waals surface area contributed by atoms with Crippen molar-refractivity contribution >= 4 is 17.7 Å². The van der Waals surface area contributed by atoms with Crippen LogP contribution in [0.3, 0.4) is 0 Å². The lowest BCUT2D eigenvalue weighted by molar-refractivity contribution is -0.259. The van der Waals surface area contributed by atoms with E-state index in [1.807, 2.05) is 19.9 Å². The van der Waals surface area contributed by atoms with Crippen molar-refractivity contribution in [2.45, 2.75) is 97.4 Å². The van der Waals surface area contributed by atoms with Gasteiger partial charge < -0.3 is 24.6 Å². The summed E-state index contributed by atoms with van der Waals surface area (Å²) in [6, 6.07) is -0.874. The maximum absolute atomic E-state index is 12.9. The van der Waals surface area contributed by atoms with Crippen LogP contribution >= 0.6 is 0 Å². The molecule has 2 aliphatic heterocycles. The van der Waals surface area contributed by atoms with Gasteiger partial charge in [-0.15, -0.1) is 0 Å². The summed E-state index contributed by atoms with van der Waals surface area (Å²) in [5, 5.41) is 20.5. The molecule has 0 aromatic carbocycles. The molecule has 2 saturated heterocycles. The van der Waals surface area contributed by atoms with Crippen molar-refractivity contribution in [1.82, 2.24) is 4.90 Å². The summed E-state index contributed by atoms with van der Waals surface area (Å²) in [7, 11) is 0. The minimum Gasteiger partial charge on any atom is -0.457 e. The molecule has 8 heteroatoms. The van der Waals surface area contributed by atoms with Gasteiger partial charge in [-0.05, 0) is 59.0 Å². The maximum atomic E-state index is 12.9. The molecule has 0 bridgehead atoms. The standard InChI is InChI=1S/C23H37NO7/c1-13(17(5)25)12-14(2)18(6)30-22(28)19-8-7-11-24(19)21(27)20(26)23(29)15(3)9-10-16(4)31-23/h12-13,15-19,25,29H,7-11H2,1-6H3/b14-12+/t13?,15-,16?,17?,18?,19?,23?/m1/s1. The number of hydrogen-bond acceptors (Lipinski definition) is 7. The van der Waals surface area contributed by atoms with Gasteiger partial charge in [-0.2, -0.15) is 0 Å². The van der Waals surface area contributed by atoms with Gasteiger partial charge in [0.2, 0.25) is 5.79 Å². The van der Waals surface area contributed by atoms with Gasteiger partial charge in [0.05, 0.1) is 12.2 Å². The Kier molecular flexibility index (Phi) is 8.41. The highest BCUT2D eigenvalue weighted by atomic mass is 16.6. The van der Waals surface area contributed by atoms with E-state index >= 15 is 0 Å². The van der Waals surface area contributed by atoms with E-state index in [1.54, 1.807) is 27.7 Å². The number of amides is 1. The fraction of sp³-hybridized carbons (Fsp3) is 0.783. The van der Waals surface area contributed by atoms with E-state index in [9.17, 15) is 24.6 Å². The molecule has 0 radical (unpaired) electrons. The van der Waals surface area contributed by atoms with Crippen molar-refractivity contribution in [2.24, 2.45) is 11.8 Å². The van der Waals surface area contributed by atoms with Crippen LogP contribution < -0.4 is 0 Å². The Labute approximate surface area is 184 Å².